The summed E-state index contributed by atoms with van der Waals surface area (Å²) >= 11 is 0. The molecule has 5 rings (SSSR count). The summed E-state index contributed by atoms with van der Waals surface area (Å²) < 4.78 is 25.8. The van der Waals surface area contributed by atoms with Crippen molar-refractivity contribution < 1.29 is 13.9 Å². The Morgan fingerprint density at radius 3 is 2.71 bits per heavy atom. The first-order chi connectivity index (χ1) is 18.2. The highest BCUT2D eigenvalue weighted by molar-refractivity contribution is 5.82. The third kappa shape index (κ3) is 4.85. The summed E-state index contributed by atoms with van der Waals surface area (Å²) in [6.07, 6.45) is 4.24. The number of ether oxygens (including phenoxy) is 2. The number of H-pyrrole nitrogens is 1. The topological polar surface area (TPSA) is 114 Å². The Balaban J connectivity index is 1.31. The Bertz CT molecular complexity index is 1540. The van der Waals surface area contributed by atoms with Gasteiger partial charge >= 0.3 is 0 Å². The van der Waals surface area contributed by atoms with Crippen LogP contribution in [-0.4, -0.2) is 33.1 Å². The highest BCUT2D eigenvalue weighted by Gasteiger charge is 2.51. The number of aromatic amines is 1. The number of rotatable bonds is 8. The van der Waals surface area contributed by atoms with E-state index in [1.54, 1.807) is 49.8 Å². The van der Waals surface area contributed by atoms with Crippen LogP contribution < -0.4 is 25.7 Å². The number of nitrogens with zero attached hydrogens (tertiary/aromatic N) is 3. The molecule has 0 aliphatic heterocycles. The predicted molar refractivity (Wildman–Crippen MR) is 145 cm³/mol. The van der Waals surface area contributed by atoms with E-state index < -0.39 is 11.4 Å². The van der Waals surface area contributed by atoms with Crippen LogP contribution in [0.2, 0.25) is 0 Å². The van der Waals surface area contributed by atoms with Crippen LogP contribution >= 0.6 is 0 Å². The average Bonchev–Trinajstić information content (AvgIpc) is 2.88. The quantitative estimate of drug-likeness (QED) is 0.268. The highest BCUT2D eigenvalue weighted by Crippen LogP contribution is 2.52. The Labute approximate surface area is 219 Å². The zero-order valence-electron chi connectivity index (χ0n) is 22.0. The van der Waals surface area contributed by atoms with E-state index in [1.165, 1.54) is 6.07 Å². The minimum absolute atomic E-state index is 0.0555. The fourth-order valence-electron chi connectivity index (χ4n) is 5.16. The van der Waals surface area contributed by atoms with E-state index in [1.807, 2.05) is 0 Å². The number of fused-ring (bicyclic) bond motifs is 1. The number of hydrogen-bond acceptors (Lipinski definition) is 8. The predicted octanol–water partition coefficient (Wildman–Crippen LogP) is 5.80. The van der Waals surface area contributed by atoms with Crippen LogP contribution in [0.4, 0.5) is 27.5 Å². The van der Waals surface area contributed by atoms with E-state index in [0.29, 0.717) is 40.4 Å². The molecule has 1 fully saturated rings. The van der Waals surface area contributed by atoms with Crippen molar-refractivity contribution in [3.63, 3.8) is 0 Å². The Hall–Kier alpha value is -4.21. The normalized spacial score (nSPS) is 18.2. The van der Waals surface area contributed by atoms with Crippen molar-refractivity contribution in [1.29, 1.82) is 0 Å². The largest absolute Gasteiger partial charge is 0.491 e. The molecule has 38 heavy (non-hydrogen) atoms. The van der Waals surface area contributed by atoms with Crippen LogP contribution in [0.3, 0.4) is 0 Å². The fraction of sp³-hybridized carbons (Fsp3) is 0.357. The second-order valence-corrected chi connectivity index (χ2v) is 10.5. The minimum Gasteiger partial charge on any atom is -0.491 e. The van der Waals surface area contributed by atoms with Gasteiger partial charge in [0.1, 0.15) is 23.4 Å². The number of nitrogens with one attached hydrogen (secondary N) is 3. The van der Waals surface area contributed by atoms with Crippen LogP contribution in [0.25, 0.3) is 10.9 Å². The first kappa shape index (κ1) is 25.4. The monoisotopic (exact) mass is 518 g/mol. The lowest BCUT2D eigenvalue weighted by molar-refractivity contribution is -0.103. The van der Waals surface area contributed by atoms with Crippen molar-refractivity contribution in [3.05, 3.63) is 65.0 Å². The molecular weight excluding hydrogens is 487 g/mol. The lowest BCUT2D eigenvalue weighted by atomic mass is 9.56. The van der Waals surface area contributed by atoms with Gasteiger partial charge in [0.2, 0.25) is 5.95 Å². The van der Waals surface area contributed by atoms with Gasteiger partial charge in [-0.3, -0.25) is 4.79 Å². The molecule has 1 aliphatic carbocycles. The van der Waals surface area contributed by atoms with Crippen molar-refractivity contribution in [2.24, 2.45) is 17.3 Å². The molecule has 0 spiro atoms. The van der Waals surface area contributed by atoms with Crippen molar-refractivity contribution in [2.75, 3.05) is 17.7 Å². The molecule has 0 saturated heterocycles. The average molecular weight is 519 g/mol. The number of benzene rings is 1. The molecule has 9 nitrogen and oxygen atoms in total. The number of anilines is 4. The summed E-state index contributed by atoms with van der Waals surface area (Å²) in [6, 6.07) is 9.58. The molecular formula is C28H31FN6O3. The minimum atomic E-state index is -0.490. The Morgan fingerprint density at radius 2 is 1.97 bits per heavy atom. The molecule has 10 heteroatoms. The van der Waals surface area contributed by atoms with Crippen molar-refractivity contribution >= 4 is 34.0 Å². The fourth-order valence-corrected chi connectivity index (χ4v) is 5.16. The maximum atomic E-state index is 14.0. The maximum Gasteiger partial charge on any atom is 0.272 e. The van der Waals surface area contributed by atoms with Crippen LogP contribution in [0.15, 0.2) is 53.6 Å². The number of para-hydroxylation sites is 1. The van der Waals surface area contributed by atoms with E-state index in [2.05, 4.69) is 58.3 Å². The van der Waals surface area contributed by atoms with Crippen LogP contribution in [-0.2, 0) is 0 Å². The summed E-state index contributed by atoms with van der Waals surface area (Å²) in [5, 5.41) is 6.65. The van der Waals surface area contributed by atoms with Crippen molar-refractivity contribution in [2.45, 2.75) is 40.2 Å². The highest BCUT2D eigenvalue weighted by atomic mass is 19.1. The summed E-state index contributed by atoms with van der Waals surface area (Å²) in [6.45, 7) is 8.96. The van der Waals surface area contributed by atoms with Gasteiger partial charge < -0.3 is 25.1 Å². The molecule has 3 N–H and O–H groups in total. The molecule has 1 saturated carbocycles. The molecule has 1 aliphatic rings. The number of aromatic nitrogens is 4. The van der Waals surface area contributed by atoms with Gasteiger partial charge in [0.15, 0.2) is 5.75 Å². The molecule has 0 bridgehead atoms. The van der Waals surface area contributed by atoms with Crippen molar-refractivity contribution in [3.8, 4) is 11.6 Å². The molecule has 0 amide bonds. The number of hydrogen-bond donors (Lipinski definition) is 3. The van der Waals surface area contributed by atoms with Crippen LogP contribution in [0, 0.1) is 23.1 Å². The first-order valence-electron chi connectivity index (χ1n) is 12.5. The summed E-state index contributed by atoms with van der Waals surface area (Å²) in [4.78, 5) is 28.2. The molecule has 3 aromatic heterocycles. The first-order valence-corrected chi connectivity index (χ1v) is 12.5. The van der Waals surface area contributed by atoms with E-state index in [9.17, 15) is 9.18 Å². The zero-order chi connectivity index (χ0) is 27.0. The van der Waals surface area contributed by atoms with Crippen LogP contribution in [0.5, 0.6) is 11.6 Å². The molecule has 2 atom stereocenters. The zero-order valence-corrected chi connectivity index (χ0v) is 22.0. The smallest absolute Gasteiger partial charge is 0.272 e. The molecule has 3 heterocycles. The molecule has 198 valence electrons. The third-order valence-corrected chi connectivity index (χ3v) is 7.35. The second kappa shape index (κ2) is 9.92. The molecule has 4 aromatic rings. The lowest BCUT2D eigenvalue weighted by Crippen LogP contribution is -2.54. The Morgan fingerprint density at radius 1 is 1.16 bits per heavy atom. The number of pyridine rings is 2. The summed E-state index contributed by atoms with van der Waals surface area (Å²) in [5.74, 6) is 2.33. The van der Waals surface area contributed by atoms with Gasteiger partial charge in [-0.2, -0.15) is 4.98 Å². The standard InChI is InChI=1S/C28H31FN6O3/c1-15(2)18-13-22(28(18,3)4)38-26-21(37-5)12-17(14-31-26)32-27-30-10-9-23(34-27)33-20-11-16-7-6-8-19(29)24(16)35-25(20)36/h6-12,14-15,18,22H,13H2,1-5H3,(H,35,36)(H2,30,32,33,34)/t18-,22-/m1/s1. The maximum absolute atomic E-state index is 14.0. The second-order valence-electron chi connectivity index (χ2n) is 10.5. The molecule has 1 aromatic carbocycles. The number of methoxy groups -OCH3 is 1. The Kier molecular flexibility index (Phi) is 6.64. The SMILES string of the molecule is COc1cc(Nc2nccc(Nc3cc4cccc(F)c4[nH]c3=O)n2)cnc1O[C@@H]1C[C@H](C(C)C)C1(C)C. The van der Waals surface area contributed by atoms with E-state index in [0.717, 1.165) is 6.42 Å². The van der Waals surface area contributed by atoms with Gasteiger partial charge in [-0.1, -0.05) is 39.8 Å². The van der Waals surface area contributed by atoms with Crippen LogP contribution in [0.1, 0.15) is 34.1 Å². The third-order valence-electron chi connectivity index (χ3n) is 7.35. The summed E-state index contributed by atoms with van der Waals surface area (Å²) in [5.41, 5.74) is 0.590. The van der Waals surface area contributed by atoms with Crippen molar-refractivity contribution in [1.82, 2.24) is 19.9 Å². The van der Waals surface area contributed by atoms with Gasteiger partial charge in [0, 0.05) is 23.1 Å². The van der Waals surface area contributed by atoms with Gasteiger partial charge in [0.25, 0.3) is 11.4 Å². The van der Waals surface area contributed by atoms with E-state index in [4.69, 9.17) is 9.47 Å². The van der Waals surface area contributed by atoms with Gasteiger partial charge in [0.05, 0.1) is 24.5 Å². The summed E-state index contributed by atoms with van der Waals surface area (Å²) in [7, 11) is 1.57. The number of halogens is 1. The molecule has 0 unspecified atom stereocenters. The molecule has 0 radical (unpaired) electrons. The van der Waals surface area contributed by atoms with Gasteiger partial charge in [-0.25, -0.2) is 14.4 Å². The van der Waals surface area contributed by atoms with Gasteiger partial charge in [-0.15, -0.1) is 0 Å². The van der Waals surface area contributed by atoms with E-state index in [-0.39, 0.29) is 28.7 Å². The van der Waals surface area contributed by atoms with Gasteiger partial charge in [-0.05, 0) is 36.5 Å². The lowest BCUT2D eigenvalue weighted by Gasteiger charge is -2.53. The van der Waals surface area contributed by atoms with E-state index >= 15 is 0 Å².